The number of para-hydroxylation sites is 1. The number of hydrogen-bond donors (Lipinski definition) is 1. The van der Waals surface area contributed by atoms with Gasteiger partial charge >= 0.3 is 6.03 Å². The maximum atomic E-state index is 13.1. The molecule has 1 N–H and O–H groups in total. The second kappa shape index (κ2) is 9.91. The summed E-state index contributed by atoms with van der Waals surface area (Å²) in [4.78, 5) is 19.4. The van der Waals surface area contributed by atoms with Gasteiger partial charge < -0.3 is 15.0 Å². The second-order valence-corrected chi connectivity index (χ2v) is 8.67. The Bertz CT molecular complexity index is 1290. The Morgan fingerprint density at radius 1 is 1.03 bits per heavy atom. The van der Waals surface area contributed by atoms with E-state index in [1.54, 1.807) is 18.3 Å². The van der Waals surface area contributed by atoms with Crippen LogP contribution in [0.4, 0.5) is 14.9 Å². The Morgan fingerprint density at radius 2 is 1.85 bits per heavy atom. The molecular formula is C28H26FN3O2. The van der Waals surface area contributed by atoms with Crippen LogP contribution in [0, 0.1) is 11.7 Å². The first kappa shape index (κ1) is 21.9. The summed E-state index contributed by atoms with van der Waals surface area (Å²) < 4.78 is 19.0. The van der Waals surface area contributed by atoms with Crippen molar-refractivity contribution < 1.29 is 13.9 Å². The van der Waals surface area contributed by atoms with Gasteiger partial charge in [-0.15, -0.1) is 0 Å². The van der Waals surface area contributed by atoms with E-state index in [0.717, 1.165) is 53.7 Å². The molecule has 6 heteroatoms. The molecule has 2 amide bonds. The van der Waals surface area contributed by atoms with Crippen molar-refractivity contribution in [3.8, 4) is 11.5 Å². The zero-order valence-electron chi connectivity index (χ0n) is 18.8. The Labute approximate surface area is 198 Å². The van der Waals surface area contributed by atoms with Crippen molar-refractivity contribution in [1.29, 1.82) is 0 Å². The summed E-state index contributed by atoms with van der Waals surface area (Å²) in [5.41, 5.74) is 2.69. The Hall–Kier alpha value is -3.93. The van der Waals surface area contributed by atoms with Gasteiger partial charge in [-0.05, 0) is 79.3 Å². The normalized spacial score (nSPS) is 15.8. The fourth-order valence-corrected chi connectivity index (χ4v) is 4.52. The molecule has 4 aromatic rings. The molecular weight excluding hydrogens is 429 g/mol. The van der Waals surface area contributed by atoms with Gasteiger partial charge in [-0.3, -0.25) is 4.98 Å². The van der Waals surface area contributed by atoms with Crippen LogP contribution < -0.4 is 10.1 Å². The smallest absolute Gasteiger partial charge is 0.321 e. The second-order valence-electron chi connectivity index (χ2n) is 8.67. The predicted molar refractivity (Wildman–Crippen MR) is 132 cm³/mol. The Balaban J connectivity index is 1.22. The molecule has 5 rings (SSSR count). The number of carbonyl (C=O) groups is 1. The molecule has 3 aromatic carbocycles. The van der Waals surface area contributed by atoms with Crippen LogP contribution >= 0.6 is 0 Å². The molecule has 0 bridgehead atoms. The summed E-state index contributed by atoms with van der Waals surface area (Å²) in [6, 6.07) is 23.6. The van der Waals surface area contributed by atoms with E-state index in [1.165, 1.54) is 12.1 Å². The molecule has 5 nitrogen and oxygen atoms in total. The lowest BCUT2D eigenvalue weighted by Crippen LogP contribution is -2.42. The molecule has 0 saturated carbocycles. The van der Waals surface area contributed by atoms with Crippen LogP contribution in [0.25, 0.3) is 10.9 Å². The van der Waals surface area contributed by atoms with Gasteiger partial charge in [-0.2, -0.15) is 0 Å². The molecule has 1 unspecified atom stereocenters. The van der Waals surface area contributed by atoms with Gasteiger partial charge in [0.25, 0.3) is 0 Å². The topological polar surface area (TPSA) is 54.5 Å². The van der Waals surface area contributed by atoms with E-state index in [4.69, 9.17) is 4.74 Å². The third kappa shape index (κ3) is 5.17. The van der Waals surface area contributed by atoms with Crippen molar-refractivity contribution >= 4 is 22.6 Å². The van der Waals surface area contributed by atoms with Gasteiger partial charge in [-0.1, -0.05) is 30.3 Å². The average Bonchev–Trinajstić information content (AvgIpc) is 2.86. The molecule has 1 aliphatic rings. The minimum atomic E-state index is -0.288. The summed E-state index contributed by atoms with van der Waals surface area (Å²) in [5, 5.41) is 4.06. The first-order valence-corrected chi connectivity index (χ1v) is 11.6. The van der Waals surface area contributed by atoms with Crippen molar-refractivity contribution in [1.82, 2.24) is 9.88 Å². The lowest BCUT2D eigenvalue weighted by molar-refractivity contribution is 0.177. The highest BCUT2D eigenvalue weighted by Gasteiger charge is 2.24. The summed E-state index contributed by atoms with van der Waals surface area (Å²) in [7, 11) is 0. The third-order valence-electron chi connectivity index (χ3n) is 6.15. The molecule has 0 aliphatic carbocycles. The number of anilines is 1. The summed E-state index contributed by atoms with van der Waals surface area (Å²) in [6.07, 6.45) is 4.64. The summed E-state index contributed by atoms with van der Waals surface area (Å²) in [5.74, 6) is 1.40. The number of nitrogens with zero attached hydrogens (tertiary/aromatic N) is 2. The van der Waals surface area contributed by atoms with Crippen molar-refractivity contribution in [2.24, 2.45) is 5.92 Å². The van der Waals surface area contributed by atoms with Gasteiger partial charge in [0.15, 0.2) is 0 Å². The maximum Gasteiger partial charge on any atom is 0.321 e. The van der Waals surface area contributed by atoms with Crippen molar-refractivity contribution in [2.45, 2.75) is 19.3 Å². The van der Waals surface area contributed by atoms with E-state index in [9.17, 15) is 9.18 Å². The zero-order chi connectivity index (χ0) is 23.3. The van der Waals surface area contributed by atoms with Gasteiger partial charge in [0.05, 0.1) is 11.2 Å². The molecule has 0 spiro atoms. The van der Waals surface area contributed by atoms with Gasteiger partial charge in [0.2, 0.25) is 0 Å². The fraction of sp³-hybridized carbons (Fsp3) is 0.214. The zero-order valence-corrected chi connectivity index (χ0v) is 18.8. The van der Waals surface area contributed by atoms with E-state index in [2.05, 4.69) is 16.4 Å². The predicted octanol–water partition coefficient (Wildman–Crippen LogP) is 6.65. The van der Waals surface area contributed by atoms with Crippen LogP contribution in [0.1, 0.15) is 18.4 Å². The maximum absolute atomic E-state index is 13.1. The van der Waals surface area contributed by atoms with E-state index >= 15 is 0 Å². The van der Waals surface area contributed by atoms with E-state index in [0.29, 0.717) is 18.2 Å². The first-order chi connectivity index (χ1) is 16.6. The number of rotatable bonds is 5. The number of amides is 2. The standard InChI is InChI=1S/C28H26FN3O2/c29-23-11-13-24(14-12-23)34-25-9-1-5-20(18-25)17-21-6-4-16-32(19-21)28(33)31-26-10-2-7-22-8-3-15-30-27(22)26/h1-3,5,7-15,18,21H,4,6,16-17,19H2,(H,31,33). The highest BCUT2D eigenvalue weighted by Crippen LogP contribution is 2.27. The molecule has 1 aliphatic heterocycles. The molecule has 1 fully saturated rings. The van der Waals surface area contributed by atoms with Crippen LogP contribution in [-0.2, 0) is 6.42 Å². The minimum absolute atomic E-state index is 0.0868. The number of piperidine rings is 1. The number of halogens is 1. The van der Waals surface area contributed by atoms with Crippen molar-refractivity contribution in [2.75, 3.05) is 18.4 Å². The largest absolute Gasteiger partial charge is 0.457 e. The quantitative estimate of drug-likeness (QED) is 0.366. The van der Waals surface area contributed by atoms with Crippen LogP contribution in [0.15, 0.2) is 85.1 Å². The van der Waals surface area contributed by atoms with Crippen LogP contribution in [-0.4, -0.2) is 29.0 Å². The van der Waals surface area contributed by atoms with Gasteiger partial charge in [0, 0.05) is 24.7 Å². The third-order valence-corrected chi connectivity index (χ3v) is 6.15. The number of nitrogens with one attached hydrogen (secondary N) is 1. The number of carbonyl (C=O) groups excluding carboxylic acids is 1. The minimum Gasteiger partial charge on any atom is -0.457 e. The highest BCUT2D eigenvalue weighted by molar-refractivity contribution is 5.99. The van der Waals surface area contributed by atoms with Crippen molar-refractivity contribution in [3.05, 3.63) is 96.4 Å². The molecule has 1 aromatic heterocycles. The van der Waals surface area contributed by atoms with Gasteiger partial charge in [0.1, 0.15) is 17.3 Å². The molecule has 2 heterocycles. The number of aromatic nitrogens is 1. The number of urea groups is 1. The molecule has 34 heavy (non-hydrogen) atoms. The van der Waals surface area contributed by atoms with Crippen LogP contribution in [0.2, 0.25) is 0 Å². The molecule has 1 atom stereocenters. The number of benzene rings is 3. The average molecular weight is 456 g/mol. The van der Waals surface area contributed by atoms with Crippen LogP contribution in [0.3, 0.4) is 0 Å². The fourth-order valence-electron chi connectivity index (χ4n) is 4.52. The molecule has 172 valence electrons. The Morgan fingerprint density at radius 3 is 2.74 bits per heavy atom. The van der Waals surface area contributed by atoms with E-state index in [1.807, 2.05) is 53.4 Å². The van der Waals surface area contributed by atoms with Crippen LogP contribution in [0.5, 0.6) is 11.5 Å². The highest BCUT2D eigenvalue weighted by atomic mass is 19.1. The number of likely N-dealkylation sites (tertiary alicyclic amines) is 1. The SMILES string of the molecule is O=C(Nc1cccc2cccnc12)N1CCCC(Cc2cccc(Oc3ccc(F)cc3)c2)C1. The van der Waals surface area contributed by atoms with E-state index in [-0.39, 0.29) is 11.8 Å². The molecule has 1 saturated heterocycles. The lowest BCUT2D eigenvalue weighted by Gasteiger charge is -2.33. The summed E-state index contributed by atoms with van der Waals surface area (Å²) >= 11 is 0. The summed E-state index contributed by atoms with van der Waals surface area (Å²) in [6.45, 7) is 1.45. The number of hydrogen-bond acceptors (Lipinski definition) is 3. The lowest BCUT2D eigenvalue weighted by atomic mass is 9.91. The monoisotopic (exact) mass is 455 g/mol. The van der Waals surface area contributed by atoms with E-state index < -0.39 is 0 Å². The van der Waals surface area contributed by atoms with Gasteiger partial charge in [-0.25, -0.2) is 9.18 Å². The first-order valence-electron chi connectivity index (χ1n) is 11.6. The Kier molecular flexibility index (Phi) is 6.38. The number of pyridine rings is 1. The number of fused-ring (bicyclic) bond motifs is 1. The molecule has 0 radical (unpaired) electrons. The number of ether oxygens (including phenoxy) is 1. The van der Waals surface area contributed by atoms with Crippen molar-refractivity contribution in [3.63, 3.8) is 0 Å².